The lowest BCUT2D eigenvalue weighted by atomic mass is 9.77. The van der Waals surface area contributed by atoms with Crippen LogP contribution < -0.4 is 10.2 Å². The molecule has 400 valence electrons. The fourth-order valence-corrected chi connectivity index (χ4v) is 13.4. The van der Waals surface area contributed by atoms with E-state index in [2.05, 4.69) is 276 Å². The predicted octanol–water partition coefficient (Wildman–Crippen LogP) is 16.7. The van der Waals surface area contributed by atoms with Gasteiger partial charge in [-0.1, -0.05) is 249 Å². The third-order valence-corrected chi connectivity index (χ3v) is 17.3. The summed E-state index contributed by atoms with van der Waals surface area (Å²) in [6.07, 6.45) is 19.0. The van der Waals surface area contributed by atoms with Crippen LogP contribution in [0.15, 0.2) is 295 Å². The van der Waals surface area contributed by atoms with Gasteiger partial charge in [0.05, 0.1) is 22.9 Å². The Morgan fingerprint density at radius 1 is 0.500 bits per heavy atom. The Balaban J connectivity index is 0.945. The first-order valence-electron chi connectivity index (χ1n) is 29.1. The Hall–Kier alpha value is -10.6. The van der Waals surface area contributed by atoms with Gasteiger partial charge >= 0.3 is 0 Å². The monoisotopic (exact) mass is 1080 g/mol. The Kier molecular flexibility index (Phi) is 12.2. The van der Waals surface area contributed by atoms with Gasteiger partial charge in [0.2, 0.25) is 0 Å². The van der Waals surface area contributed by atoms with E-state index in [0.717, 1.165) is 74.6 Å². The second-order valence-corrected chi connectivity index (χ2v) is 22.2. The molecule has 0 amide bonds. The summed E-state index contributed by atoms with van der Waals surface area (Å²) >= 11 is 0. The van der Waals surface area contributed by atoms with Crippen molar-refractivity contribution in [3.05, 3.63) is 324 Å². The molecule has 0 saturated carbocycles. The molecule has 0 spiro atoms. The molecule has 0 fully saturated rings. The number of allylic oxidation sites excluding steroid dienone is 7. The van der Waals surface area contributed by atoms with Gasteiger partial charge in [-0.25, -0.2) is 24.9 Å². The average molecular weight is 1080 g/mol. The summed E-state index contributed by atoms with van der Waals surface area (Å²) in [6, 6.07) is 82.5. The van der Waals surface area contributed by atoms with Gasteiger partial charge in [-0.05, 0) is 81.8 Å². The van der Waals surface area contributed by atoms with Gasteiger partial charge in [-0.3, -0.25) is 0 Å². The Morgan fingerprint density at radius 3 is 1.95 bits per heavy atom. The lowest BCUT2D eigenvalue weighted by Gasteiger charge is -2.35. The summed E-state index contributed by atoms with van der Waals surface area (Å²) < 4.78 is 2.55. The van der Waals surface area contributed by atoms with Crippen LogP contribution in [0, 0.1) is 5.92 Å². The second kappa shape index (κ2) is 20.8. The largest absolute Gasteiger partial charge is 0.344 e. The smallest absolute Gasteiger partial charge is 0.165 e. The first-order valence-corrected chi connectivity index (χ1v) is 29.1. The highest BCUT2D eigenvalue weighted by atomic mass is 15.2. The highest BCUT2D eigenvalue weighted by Gasteiger charge is 2.48. The summed E-state index contributed by atoms with van der Waals surface area (Å²) in [5.74, 6) is 3.41. The number of amidine groups is 2. The third-order valence-electron chi connectivity index (χ3n) is 17.3. The quantitative estimate of drug-likeness (QED) is 0.148. The minimum absolute atomic E-state index is 0.0404. The molecule has 0 radical (unpaired) electrons. The van der Waals surface area contributed by atoms with Gasteiger partial charge in [-0.15, -0.1) is 0 Å². The highest BCUT2D eigenvalue weighted by Crippen LogP contribution is 2.57. The maximum absolute atomic E-state index is 5.58. The summed E-state index contributed by atoms with van der Waals surface area (Å²) in [5.41, 5.74) is 16.7. The van der Waals surface area contributed by atoms with E-state index in [1.54, 1.807) is 0 Å². The summed E-state index contributed by atoms with van der Waals surface area (Å²) in [4.78, 5) is 29.8. The van der Waals surface area contributed by atoms with Gasteiger partial charge in [0, 0.05) is 62.4 Å². The fraction of sp³-hybridized carbons (Fsp3) is 0.0921. The van der Waals surface area contributed by atoms with Crippen molar-refractivity contribution in [2.75, 3.05) is 4.90 Å². The molecule has 11 aromatic rings. The van der Waals surface area contributed by atoms with Crippen LogP contribution in [0.2, 0.25) is 0 Å². The normalized spacial score (nSPS) is 19.4. The number of rotatable bonds is 10. The zero-order valence-electron chi connectivity index (χ0n) is 46.0. The van der Waals surface area contributed by atoms with E-state index in [-0.39, 0.29) is 23.8 Å². The van der Waals surface area contributed by atoms with Gasteiger partial charge in [0.15, 0.2) is 17.5 Å². The number of hydrogen-bond donors (Lipinski definition) is 1. The molecule has 8 heteroatoms. The average Bonchev–Trinajstić information content (AvgIpc) is 2.15. The van der Waals surface area contributed by atoms with Crippen LogP contribution in [0.3, 0.4) is 0 Å². The van der Waals surface area contributed by atoms with Crippen molar-refractivity contribution >= 4 is 44.6 Å². The zero-order chi connectivity index (χ0) is 55.5. The summed E-state index contributed by atoms with van der Waals surface area (Å²) in [5, 5.41) is 7.49. The number of fused-ring (bicyclic) bond motifs is 7. The number of para-hydroxylation sites is 1. The molecule has 1 N–H and O–H groups in total. The molecule has 0 saturated heterocycles. The molecular weight excluding hydrogens is 1020 g/mol. The van der Waals surface area contributed by atoms with Crippen LogP contribution in [0.1, 0.15) is 63.8 Å². The number of nitrogens with zero attached hydrogens (tertiary/aromatic N) is 7. The van der Waals surface area contributed by atoms with E-state index >= 15 is 0 Å². The molecule has 0 bridgehead atoms. The van der Waals surface area contributed by atoms with Crippen LogP contribution >= 0.6 is 0 Å². The Labute approximate surface area is 488 Å². The second-order valence-electron chi connectivity index (χ2n) is 22.2. The first kappa shape index (κ1) is 49.3. The van der Waals surface area contributed by atoms with Crippen molar-refractivity contribution in [3.8, 4) is 39.6 Å². The number of hydrogen-bond acceptors (Lipinski definition) is 7. The number of aliphatic imine (C=N–C) groups is 2. The molecule has 2 aliphatic heterocycles. The Morgan fingerprint density at radius 2 is 1.17 bits per heavy atom. The molecule has 8 nitrogen and oxygen atoms in total. The minimum atomic E-state index is -0.530. The summed E-state index contributed by atoms with van der Waals surface area (Å²) in [7, 11) is 0. The lowest BCUT2D eigenvalue weighted by molar-refractivity contribution is 0.674. The molecule has 5 unspecified atom stereocenters. The van der Waals surface area contributed by atoms with Gasteiger partial charge in [0.1, 0.15) is 17.8 Å². The first-order chi connectivity index (χ1) is 41.6. The van der Waals surface area contributed by atoms with Crippen molar-refractivity contribution in [2.45, 2.75) is 36.9 Å². The van der Waals surface area contributed by atoms with Gasteiger partial charge in [-0.2, -0.15) is 0 Å². The van der Waals surface area contributed by atoms with Crippen molar-refractivity contribution in [3.63, 3.8) is 0 Å². The third kappa shape index (κ3) is 8.65. The standard InChI is InChI=1S/C76H56N8/c1-6-22-49(23-7-1)51-38-40-56(41-39-51)74-77-71(53-27-10-3-11-28-53)79-75(80-74)58-43-45-67(64(47-58)76-81-72(54-29-12-4-13-30-54)78-73(82-76)55-31-14-5-15-32-55)84-65-36-20-18-34-60(65)63-48-62(52-25-8-2-9-26-52)69-68(70(63)84)61-35-19-21-37-66(61)83(69)59-44-42-50-24-16-17-33-57(50)46-59/h1-31,33-47,55,61-62,66,75H,32,48H2,(H,77,79,80). The number of anilines is 1. The Bertz CT molecular complexity index is 4590. The number of aromatic nitrogens is 4. The molecule has 9 aromatic carbocycles. The summed E-state index contributed by atoms with van der Waals surface area (Å²) in [6.45, 7) is 0. The van der Waals surface area contributed by atoms with Crippen molar-refractivity contribution in [1.82, 2.24) is 24.8 Å². The SMILES string of the molecule is C1=CCC(c2nc(-c3ccccc3)nc(-c3cc(C4N=C(c5ccc(-c6ccccc6)cc5)N=C(c5ccccc5)N4)ccc3-n3c4c(c5ccccc53)CC(c3ccccc3)C3=C4C4C=CC=CC4N3c3ccc4ccccc4c3)n2)C=C1. The van der Waals surface area contributed by atoms with Crippen LogP contribution in [0.5, 0.6) is 0 Å². The highest BCUT2D eigenvalue weighted by molar-refractivity contribution is 6.13. The van der Waals surface area contributed by atoms with E-state index in [9.17, 15) is 0 Å². The van der Waals surface area contributed by atoms with E-state index in [1.807, 2.05) is 18.2 Å². The van der Waals surface area contributed by atoms with Crippen molar-refractivity contribution < 1.29 is 0 Å². The zero-order valence-corrected chi connectivity index (χ0v) is 46.0. The lowest BCUT2D eigenvalue weighted by Crippen LogP contribution is -2.34. The number of nitrogens with one attached hydrogen (secondary N) is 1. The van der Waals surface area contributed by atoms with Crippen LogP contribution in [-0.2, 0) is 6.42 Å². The molecule has 2 aromatic heterocycles. The van der Waals surface area contributed by atoms with E-state index in [4.69, 9.17) is 24.9 Å². The molecule has 5 atom stereocenters. The molecule has 16 rings (SSSR count). The van der Waals surface area contributed by atoms with Crippen LogP contribution in [0.4, 0.5) is 5.69 Å². The van der Waals surface area contributed by atoms with E-state index in [0.29, 0.717) is 17.5 Å². The number of benzene rings is 9. The molecule has 84 heavy (non-hydrogen) atoms. The van der Waals surface area contributed by atoms with Crippen molar-refractivity contribution in [2.24, 2.45) is 15.9 Å². The minimum Gasteiger partial charge on any atom is -0.344 e. The molecular formula is C76H56N8. The van der Waals surface area contributed by atoms with Gasteiger partial charge < -0.3 is 14.8 Å². The fourth-order valence-electron chi connectivity index (χ4n) is 13.4. The van der Waals surface area contributed by atoms with E-state index in [1.165, 1.54) is 49.9 Å². The topological polar surface area (TPSA) is 83.6 Å². The van der Waals surface area contributed by atoms with E-state index < -0.39 is 6.17 Å². The molecule has 3 aliphatic carbocycles. The van der Waals surface area contributed by atoms with Gasteiger partial charge in [0.25, 0.3) is 0 Å². The molecule has 5 aliphatic rings. The van der Waals surface area contributed by atoms with Crippen LogP contribution in [-0.4, -0.2) is 37.2 Å². The van der Waals surface area contributed by atoms with Crippen LogP contribution in [0.25, 0.3) is 66.8 Å². The maximum atomic E-state index is 5.58. The maximum Gasteiger partial charge on any atom is 0.165 e. The van der Waals surface area contributed by atoms with Crippen molar-refractivity contribution in [1.29, 1.82) is 0 Å². The molecule has 4 heterocycles. The predicted molar refractivity (Wildman–Crippen MR) is 342 cm³/mol.